The van der Waals surface area contributed by atoms with Gasteiger partial charge in [-0.05, 0) is 43.3 Å². The average molecular weight is 400 g/mol. The number of azo groups is 1. The van der Waals surface area contributed by atoms with E-state index in [-0.39, 0.29) is 28.1 Å². The minimum atomic E-state index is -4.81. The molecule has 0 radical (unpaired) electrons. The Hall–Kier alpha value is -2.36. The quantitative estimate of drug-likeness (QED) is 0.557. The van der Waals surface area contributed by atoms with E-state index in [0.717, 1.165) is 31.7 Å². The van der Waals surface area contributed by atoms with E-state index in [9.17, 15) is 18.3 Å². The molecule has 146 valence electrons. The van der Waals surface area contributed by atoms with Gasteiger partial charge in [0.15, 0.2) is 5.69 Å². The van der Waals surface area contributed by atoms with Crippen LogP contribution in [0.5, 0.6) is 11.6 Å². The lowest BCUT2D eigenvalue weighted by Crippen LogP contribution is -2.33. The molecule has 0 spiro atoms. The number of nitrogens with zero attached hydrogens (tertiary/aromatic N) is 3. The molecule has 0 amide bonds. The van der Waals surface area contributed by atoms with E-state index >= 15 is 0 Å². The van der Waals surface area contributed by atoms with Gasteiger partial charge in [-0.15, -0.1) is 23.4 Å². The van der Waals surface area contributed by atoms with Crippen LogP contribution in [0.2, 0.25) is 0 Å². The monoisotopic (exact) mass is 400 g/mol. The molecule has 0 bridgehead atoms. The van der Waals surface area contributed by atoms with Crippen molar-refractivity contribution in [3.63, 3.8) is 0 Å². The fourth-order valence-corrected chi connectivity index (χ4v) is 3.44. The minimum Gasteiger partial charge on any atom is -0.493 e. The summed E-state index contributed by atoms with van der Waals surface area (Å²) in [6.07, 6.45) is 0.671. The van der Waals surface area contributed by atoms with Crippen LogP contribution in [0.3, 0.4) is 0 Å². The molecular weight excluding hydrogens is 381 g/mol. The second-order valence-electron chi connectivity index (χ2n) is 6.44. The third-order valence-electron chi connectivity index (χ3n) is 4.52. The van der Waals surface area contributed by atoms with Gasteiger partial charge in [-0.2, -0.15) is 0 Å². The number of fused-ring (bicyclic) bond motifs is 1. The Balaban J connectivity index is 1.84. The molecule has 2 N–H and O–H groups in total. The Morgan fingerprint density at radius 3 is 2.67 bits per heavy atom. The van der Waals surface area contributed by atoms with Crippen molar-refractivity contribution in [2.45, 2.75) is 44.5 Å². The maximum atomic E-state index is 12.5. The van der Waals surface area contributed by atoms with E-state index in [1.807, 2.05) is 0 Å². The van der Waals surface area contributed by atoms with Crippen LogP contribution in [-0.2, 0) is 7.05 Å². The third-order valence-corrected chi connectivity index (χ3v) is 4.72. The van der Waals surface area contributed by atoms with Gasteiger partial charge in [0.2, 0.25) is 11.0 Å². The first-order valence-corrected chi connectivity index (χ1v) is 8.95. The maximum Gasteiger partial charge on any atom is 0.573 e. The van der Waals surface area contributed by atoms with Crippen molar-refractivity contribution in [1.82, 2.24) is 9.88 Å². The molecule has 0 unspecified atom stereocenters. The van der Waals surface area contributed by atoms with Gasteiger partial charge in [-0.25, -0.2) is 0 Å². The number of aromatic nitrogens is 1. The number of nitrogens with one attached hydrogen (secondary N) is 1. The number of aromatic hydroxyl groups is 1. The Morgan fingerprint density at radius 1 is 1.30 bits per heavy atom. The predicted octanol–water partition coefficient (Wildman–Crippen LogP) is 5.07. The van der Waals surface area contributed by atoms with E-state index < -0.39 is 12.1 Å². The van der Waals surface area contributed by atoms with E-state index in [1.165, 1.54) is 23.1 Å². The molecule has 1 aromatic heterocycles. The van der Waals surface area contributed by atoms with E-state index in [4.69, 9.17) is 12.2 Å². The molecule has 1 aliphatic rings. The van der Waals surface area contributed by atoms with Crippen molar-refractivity contribution in [1.29, 1.82) is 0 Å². The summed E-state index contributed by atoms with van der Waals surface area (Å²) in [7, 11) is 1.57. The molecule has 1 heterocycles. The lowest BCUT2D eigenvalue weighted by atomic mass is 9.96. The van der Waals surface area contributed by atoms with Gasteiger partial charge < -0.3 is 19.7 Å². The molecule has 1 aromatic carbocycles. The van der Waals surface area contributed by atoms with Crippen molar-refractivity contribution in [2.24, 2.45) is 17.3 Å². The number of benzene rings is 1. The molecule has 10 heteroatoms. The van der Waals surface area contributed by atoms with Crippen LogP contribution < -0.4 is 10.1 Å². The highest BCUT2D eigenvalue weighted by Crippen LogP contribution is 2.40. The van der Waals surface area contributed by atoms with Crippen LogP contribution in [-0.4, -0.2) is 27.2 Å². The van der Waals surface area contributed by atoms with Gasteiger partial charge in [0.1, 0.15) is 5.75 Å². The van der Waals surface area contributed by atoms with Crippen molar-refractivity contribution in [3.8, 4) is 11.6 Å². The van der Waals surface area contributed by atoms with Gasteiger partial charge in [0, 0.05) is 18.5 Å². The Bertz CT molecular complexity index is 873. The SMILES string of the molecule is Cn1c(O)c(N=NC(=S)NC2CCCCC2)c2cc(OC(F)(F)F)ccc21. The number of alkyl halides is 3. The highest BCUT2D eigenvalue weighted by atomic mass is 32.1. The van der Waals surface area contributed by atoms with Gasteiger partial charge in [-0.3, -0.25) is 0 Å². The van der Waals surface area contributed by atoms with Crippen molar-refractivity contribution in [2.75, 3.05) is 0 Å². The lowest BCUT2D eigenvalue weighted by molar-refractivity contribution is -0.274. The number of ether oxygens (including phenoxy) is 1. The van der Waals surface area contributed by atoms with Gasteiger partial charge in [0.05, 0.1) is 5.52 Å². The number of hydrogen-bond donors (Lipinski definition) is 2. The normalized spacial score (nSPS) is 16.1. The molecule has 3 rings (SSSR count). The molecule has 0 atom stereocenters. The second-order valence-corrected chi connectivity index (χ2v) is 6.83. The zero-order valence-corrected chi connectivity index (χ0v) is 15.4. The number of rotatable bonds is 3. The Labute approximate surface area is 159 Å². The molecule has 27 heavy (non-hydrogen) atoms. The minimum absolute atomic E-state index is 0.0351. The molecule has 0 saturated heterocycles. The van der Waals surface area contributed by atoms with E-state index in [0.29, 0.717) is 5.52 Å². The van der Waals surface area contributed by atoms with Crippen molar-refractivity contribution in [3.05, 3.63) is 18.2 Å². The number of halogens is 3. The zero-order valence-electron chi connectivity index (χ0n) is 14.6. The lowest BCUT2D eigenvalue weighted by Gasteiger charge is -2.22. The molecule has 1 saturated carbocycles. The Kier molecular flexibility index (Phi) is 5.54. The van der Waals surface area contributed by atoms with E-state index in [1.54, 1.807) is 7.05 Å². The summed E-state index contributed by atoms with van der Waals surface area (Å²) in [6.45, 7) is 0. The van der Waals surface area contributed by atoms with Crippen LogP contribution >= 0.6 is 12.2 Å². The smallest absolute Gasteiger partial charge is 0.493 e. The van der Waals surface area contributed by atoms with Gasteiger partial charge >= 0.3 is 6.36 Å². The summed E-state index contributed by atoms with van der Waals surface area (Å²) < 4.78 is 42.7. The Morgan fingerprint density at radius 2 is 2.00 bits per heavy atom. The third kappa shape index (κ3) is 4.68. The number of aryl methyl sites for hydroxylation is 1. The molecule has 1 fully saturated rings. The van der Waals surface area contributed by atoms with Crippen molar-refractivity contribution < 1.29 is 23.0 Å². The second kappa shape index (κ2) is 7.71. The summed E-state index contributed by atoms with van der Waals surface area (Å²) in [4.78, 5) is 0. The number of hydrogen-bond acceptors (Lipinski definition) is 4. The first kappa shape index (κ1) is 19.4. The highest BCUT2D eigenvalue weighted by Gasteiger charge is 2.31. The summed E-state index contributed by atoms with van der Waals surface area (Å²) in [5.74, 6) is -0.627. The van der Waals surface area contributed by atoms with Gasteiger partial charge in [-0.1, -0.05) is 19.3 Å². The molecule has 6 nitrogen and oxygen atoms in total. The standard InChI is InChI=1S/C17H19F3N4O2S/c1-24-13-8-7-11(26-17(18,19)20)9-12(13)14(15(24)25)22-23-16(27)21-10-5-3-2-4-6-10/h7-10,25H,2-6H2,1H3,(H,21,27). The topological polar surface area (TPSA) is 71.1 Å². The van der Waals surface area contributed by atoms with Crippen LogP contribution in [0.15, 0.2) is 28.4 Å². The first-order chi connectivity index (χ1) is 12.7. The van der Waals surface area contributed by atoms with Crippen LogP contribution in [0.4, 0.5) is 18.9 Å². The average Bonchev–Trinajstić information content (AvgIpc) is 2.83. The zero-order chi connectivity index (χ0) is 19.6. The summed E-state index contributed by atoms with van der Waals surface area (Å²) in [6, 6.07) is 3.99. The molecular formula is C17H19F3N4O2S. The fraction of sp³-hybridized carbons (Fsp3) is 0.471. The number of thiocarbonyl (C=S) groups is 1. The van der Waals surface area contributed by atoms with Crippen molar-refractivity contribution >= 4 is 33.9 Å². The first-order valence-electron chi connectivity index (χ1n) is 8.54. The predicted molar refractivity (Wildman–Crippen MR) is 98.4 cm³/mol. The van der Waals surface area contributed by atoms with Crippen LogP contribution in [0.1, 0.15) is 32.1 Å². The van der Waals surface area contributed by atoms with Gasteiger partial charge in [0.25, 0.3) is 0 Å². The largest absolute Gasteiger partial charge is 0.573 e. The molecule has 0 aliphatic heterocycles. The van der Waals surface area contributed by atoms with Crippen LogP contribution in [0.25, 0.3) is 10.9 Å². The summed E-state index contributed by atoms with van der Waals surface area (Å²) >= 11 is 5.17. The highest BCUT2D eigenvalue weighted by molar-refractivity contribution is 7.80. The maximum absolute atomic E-state index is 12.5. The fourth-order valence-electron chi connectivity index (χ4n) is 3.23. The molecule has 1 aliphatic carbocycles. The van der Waals surface area contributed by atoms with E-state index in [2.05, 4.69) is 20.3 Å². The summed E-state index contributed by atoms with van der Waals surface area (Å²) in [5, 5.41) is 21.7. The van der Waals surface area contributed by atoms with Crippen LogP contribution in [0, 0.1) is 0 Å². The molecule has 2 aromatic rings. The summed E-state index contributed by atoms with van der Waals surface area (Å²) in [5.41, 5.74) is 0.523.